The molecule has 0 saturated heterocycles. The molecule has 2 rings (SSSR count). The van der Waals surface area contributed by atoms with Crippen molar-refractivity contribution in [3.63, 3.8) is 0 Å². The maximum atomic E-state index is 3.38. The number of rotatable bonds is 0. The molecule has 0 radical (unpaired) electrons. The van der Waals surface area contributed by atoms with E-state index in [1.165, 1.54) is 11.1 Å². The first-order valence-corrected chi connectivity index (χ1v) is 3.69. The molecule has 1 atom stereocenters. The summed E-state index contributed by atoms with van der Waals surface area (Å²) in [6.45, 7) is 3.24. The summed E-state index contributed by atoms with van der Waals surface area (Å²) in [7, 11) is 0. The van der Waals surface area contributed by atoms with Gasteiger partial charge in [0, 0.05) is 12.6 Å². The Kier molecular flexibility index (Phi) is 2.53. The van der Waals surface area contributed by atoms with E-state index in [-0.39, 0.29) is 12.4 Å². The lowest BCUT2D eigenvalue weighted by Gasteiger charge is -2.01. The zero-order valence-electron chi connectivity index (χ0n) is 6.50. The van der Waals surface area contributed by atoms with E-state index in [2.05, 4.69) is 36.5 Å². The molecular formula is C9H12ClN. The smallest absolute Gasteiger partial charge is 0.0298 e. The van der Waals surface area contributed by atoms with E-state index < -0.39 is 0 Å². The van der Waals surface area contributed by atoms with Gasteiger partial charge in [0.2, 0.25) is 0 Å². The summed E-state index contributed by atoms with van der Waals surface area (Å²) in [5.74, 6) is 0. The van der Waals surface area contributed by atoms with Crippen LogP contribution in [0, 0.1) is 0 Å². The van der Waals surface area contributed by atoms with Crippen LogP contribution in [0.1, 0.15) is 24.1 Å². The lowest BCUT2D eigenvalue weighted by atomic mass is 10.1. The van der Waals surface area contributed by atoms with Crippen LogP contribution in [0.25, 0.3) is 0 Å². The first kappa shape index (κ1) is 8.57. The van der Waals surface area contributed by atoms with Gasteiger partial charge in [-0.2, -0.15) is 0 Å². The Morgan fingerprint density at radius 1 is 1.36 bits per heavy atom. The largest absolute Gasteiger partial charge is 0.306 e. The molecule has 0 spiro atoms. The third-order valence-corrected chi connectivity index (χ3v) is 2.12. The van der Waals surface area contributed by atoms with Crippen LogP contribution in [0.3, 0.4) is 0 Å². The van der Waals surface area contributed by atoms with E-state index in [9.17, 15) is 0 Å². The van der Waals surface area contributed by atoms with Crippen LogP contribution in [0.5, 0.6) is 0 Å². The molecule has 1 N–H and O–H groups in total. The maximum absolute atomic E-state index is 3.38. The lowest BCUT2D eigenvalue weighted by molar-refractivity contribution is 0.633. The van der Waals surface area contributed by atoms with Gasteiger partial charge in [0.25, 0.3) is 0 Å². The lowest BCUT2D eigenvalue weighted by Crippen LogP contribution is -2.06. The van der Waals surface area contributed by atoms with Gasteiger partial charge < -0.3 is 5.32 Å². The number of hydrogen-bond donors (Lipinski definition) is 1. The van der Waals surface area contributed by atoms with Crippen molar-refractivity contribution in [2.45, 2.75) is 19.5 Å². The van der Waals surface area contributed by atoms with E-state index in [1.807, 2.05) is 0 Å². The fourth-order valence-electron chi connectivity index (χ4n) is 1.49. The third kappa shape index (κ3) is 1.39. The van der Waals surface area contributed by atoms with Crippen LogP contribution in [0.4, 0.5) is 0 Å². The van der Waals surface area contributed by atoms with Gasteiger partial charge in [0.15, 0.2) is 0 Å². The summed E-state index contributed by atoms with van der Waals surface area (Å²) in [5, 5.41) is 3.38. The number of halogens is 1. The highest BCUT2D eigenvalue weighted by atomic mass is 35.5. The van der Waals surface area contributed by atoms with Gasteiger partial charge in [0.1, 0.15) is 0 Å². The van der Waals surface area contributed by atoms with Crippen molar-refractivity contribution in [1.29, 1.82) is 0 Å². The summed E-state index contributed by atoms with van der Waals surface area (Å²) >= 11 is 0. The van der Waals surface area contributed by atoms with Crippen molar-refractivity contribution in [3.05, 3.63) is 35.4 Å². The highest BCUT2D eigenvalue weighted by Gasteiger charge is 2.15. The predicted molar refractivity (Wildman–Crippen MR) is 48.9 cm³/mol. The average molecular weight is 170 g/mol. The molecule has 11 heavy (non-hydrogen) atoms. The molecule has 1 aromatic carbocycles. The van der Waals surface area contributed by atoms with E-state index in [0.717, 1.165) is 6.54 Å². The Hall–Kier alpha value is -0.530. The van der Waals surface area contributed by atoms with Crippen LogP contribution < -0.4 is 5.32 Å². The van der Waals surface area contributed by atoms with Crippen LogP contribution in [-0.2, 0) is 6.54 Å². The van der Waals surface area contributed by atoms with Gasteiger partial charge >= 0.3 is 0 Å². The maximum Gasteiger partial charge on any atom is 0.0298 e. The Bertz CT molecular complexity index is 247. The van der Waals surface area contributed by atoms with Gasteiger partial charge in [-0.15, -0.1) is 12.4 Å². The summed E-state index contributed by atoms with van der Waals surface area (Å²) in [4.78, 5) is 0. The van der Waals surface area contributed by atoms with E-state index >= 15 is 0 Å². The SMILES string of the molecule is C[C@H]1NCc2ccccc21.Cl. The van der Waals surface area contributed by atoms with Gasteiger partial charge in [-0.3, -0.25) is 0 Å². The molecule has 1 heterocycles. The van der Waals surface area contributed by atoms with Crippen molar-refractivity contribution in [2.75, 3.05) is 0 Å². The molecule has 0 saturated carbocycles. The fraction of sp³-hybridized carbons (Fsp3) is 0.333. The first-order valence-electron chi connectivity index (χ1n) is 3.69. The monoisotopic (exact) mass is 169 g/mol. The second-order valence-electron chi connectivity index (χ2n) is 2.80. The number of hydrogen-bond acceptors (Lipinski definition) is 1. The van der Waals surface area contributed by atoms with Crippen molar-refractivity contribution in [2.24, 2.45) is 0 Å². The molecule has 1 nitrogen and oxygen atoms in total. The van der Waals surface area contributed by atoms with E-state index in [1.54, 1.807) is 0 Å². The minimum atomic E-state index is 0. The van der Waals surface area contributed by atoms with Crippen molar-refractivity contribution in [1.82, 2.24) is 5.32 Å². The quantitative estimate of drug-likeness (QED) is 0.629. The Morgan fingerprint density at radius 3 is 2.82 bits per heavy atom. The topological polar surface area (TPSA) is 12.0 Å². The molecular weight excluding hydrogens is 158 g/mol. The molecule has 0 unspecified atom stereocenters. The number of nitrogens with one attached hydrogen (secondary N) is 1. The summed E-state index contributed by atoms with van der Waals surface area (Å²) < 4.78 is 0. The van der Waals surface area contributed by atoms with Gasteiger partial charge in [0.05, 0.1) is 0 Å². The molecule has 0 aromatic heterocycles. The zero-order chi connectivity index (χ0) is 6.97. The third-order valence-electron chi connectivity index (χ3n) is 2.12. The molecule has 0 amide bonds. The molecule has 1 aromatic rings. The van der Waals surface area contributed by atoms with Gasteiger partial charge in [-0.1, -0.05) is 24.3 Å². The fourth-order valence-corrected chi connectivity index (χ4v) is 1.49. The van der Waals surface area contributed by atoms with Crippen molar-refractivity contribution < 1.29 is 0 Å². The minimum Gasteiger partial charge on any atom is -0.306 e. The average Bonchev–Trinajstić information content (AvgIpc) is 2.34. The summed E-state index contributed by atoms with van der Waals surface area (Å²) in [6.07, 6.45) is 0. The highest BCUT2D eigenvalue weighted by Crippen LogP contribution is 2.23. The van der Waals surface area contributed by atoms with Gasteiger partial charge in [-0.05, 0) is 18.1 Å². The predicted octanol–water partition coefficient (Wildman–Crippen LogP) is 2.27. The standard InChI is InChI=1S/C9H11N.ClH/c1-7-9-5-3-2-4-8(9)6-10-7;/h2-5,7,10H,6H2,1H3;1H/t7-;/m1./s1. The summed E-state index contributed by atoms with van der Waals surface area (Å²) in [6, 6.07) is 9.13. The minimum absolute atomic E-state index is 0. The van der Waals surface area contributed by atoms with Gasteiger partial charge in [-0.25, -0.2) is 0 Å². The van der Waals surface area contributed by atoms with Crippen LogP contribution >= 0.6 is 12.4 Å². The summed E-state index contributed by atoms with van der Waals surface area (Å²) in [5.41, 5.74) is 2.91. The number of fused-ring (bicyclic) bond motifs is 1. The first-order chi connectivity index (χ1) is 4.88. The molecule has 1 aliphatic rings. The molecule has 60 valence electrons. The Morgan fingerprint density at radius 2 is 2.09 bits per heavy atom. The molecule has 0 aliphatic carbocycles. The van der Waals surface area contributed by atoms with Crippen LogP contribution in [0.15, 0.2) is 24.3 Å². The zero-order valence-corrected chi connectivity index (χ0v) is 7.32. The van der Waals surface area contributed by atoms with Crippen molar-refractivity contribution >= 4 is 12.4 Å². The molecule has 1 aliphatic heterocycles. The molecule has 0 fully saturated rings. The highest BCUT2D eigenvalue weighted by molar-refractivity contribution is 5.85. The Labute approximate surface area is 73.2 Å². The second-order valence-corrected chi connectivity index (χ2v) is 2.80. The second kappa shape index (κ2) is 3.24. The Balaban J connectivity index is 0.000000605. The van der Waals surface area contributed by atoms with Crippen LogP contribution in [-0.4, -0.2) is 0 Å². The van der Waals surface area contributed by atoms with Crippen LogP contribution in [0.2, 0.25) is 0 Å². The van der Waals surface area contributed by atoms with E-state index in [0.29, 0.717) is 6.04 Å². The normalized spacial score (nSPS) is 20.6. The molecule has 2 heteroatoms. The molecule has 0 bridgehead atoms. The van der Waals surface area contributed by atoms with E-state index in [4.69, 9.17) is 0 Å². The number of benzene rings is 1. The van der Waals surface area contributed by atoms with Crippen molar-refractivity contribution in [3.8, 4) is 0 Å².